The highest BCUT2D eigenvalue weighted by molar-refractivity contribution is 5.97. The fraction of sp³-hybridized carbons (Fsp3) is 0.467. The van der Waals surface area contributed by atoms with Gasteiger partial charge in [-0.1, -0.05) is 12.1 Å². The fourth-order valence-corrected chi connectivity index (χ4v) is 2.55. The molecule has 126 valence electrons. The van der Waals surface area contributed by atoms with Gasteiger partial charge in [0.15, 0.2) is 0 Å². The molecule has 1 saturated heterocycles. The predicted octanol–water partition coefficient (Wildman–Crippen LogP) is 2.10. The highest BCUT2D eigenvalue weighted by Gasteiger charge is 2.41. The number of hydrogen-bond donors (Lipinski definition) is 1. The van der Waals surface area contributed by atoms with Gasteiger partial charge >= 0.3 is 12.2 Å². The Balaban J connectivity index is 2.05. The molecular weight excluding hydrogens is 313 g/mol. The van der Waals surface area contributed by atoms with Crippen molar-refractivity contribution in [2.24, 2.45) is 5.92 Å². The summed E-state index contributed by atoms with van der Waals surface area (Å²) in [6.07, 6.45) is -5.07. The summed E-state index contributed by atoms with van der Waals surface area (Å²) in [4.78, 5) is 25.7. The van der Waals surface area contributed by atoms with Crippen molar-refractivity contribution in [2.75, 3.05) is 14.1 Å². The molecule has 2 unspecified atom stereocenters. The molecule has 0 bridgehead atoms. The molecule has 3 amide bonds. The van der Waals surface area contributed by atoms with Crippen LogP contribution in [-0.2, 0) is 17.4 Å². The van der Waals surface area contributed by atoms with E-state index in [9.17, 15) is 27.9 Å². The average Bonchev–Trinajstić information content (AvgIpc) is 2.50. The second-order valence-corrected chi connectivity index (χ2v) is 5.54. The van der Waals surface area contributed by atoms with Gasteiger partial charge in [0.05, 0.1) is 11.5 Å². The van der Waals surface area contributed by atoms with Crippen molar-refractivity contribution >= 4 is 11.9 Å². The van der Waals surface area contributed by atoms with Crippen LogP contribution < -0.4 is 0 Å². The molecule has 1 aromatic carbocycles. The highest BCUT2D eigenvalue weighted by atomic mass is 19.4. The third-order valence-electron chi connectivity index (χ3n) is 4.02. The first kappa shape index (κ1) is 17.3. The smallest absolute Gasteiger partial charge is 0.373 e. The number of aryl methyl sites for hydroxylation is 1. The number of imide groups is 1. The number of rotatable bonds is 3. The summed E-state index contributed by atoms with van der Waals surface area (Å²) in [6.45, 7) is 0. The Bertz CT molecular complexity index is 601. The summed E-state index contributed by atoms with van der Waals surface area (Å²) in [5.41, 5.74) is -0.111. The zero-order chi connectivity index (χ0) is 17.4. The van der Waals surface area contributed by atoms with Crippen LogP contribution in [0.4, 0.5) is 18.0 Å². The molecule has 8 heteroatoms. The minimum Gasteiger partial charge on any atom is -0.373 e. The number of carbonyl (C=O) groups excluding carboxylic acids is 2. The van der Waals surface area contributed by atoms with Gasteiger partial charge in [-0.15, -0.1) is 0 Å². The number of carbonyl (C=O) groups is 2. The van der Waals surface area contributed by atoms with Crippen molar-refractivity contribution in [3.8, 4) is 0 Å². The van der Waals surface area contributed by atoms with Crippen LogP contribution in [0.15, 0.2) is 24.3 Å². The molecule has 0 aromatic heterocycles. The van der Waals surface area contributed by atoms with Crippen LogP contribution in [-0.4, -0.2) is 47.2 Å². The molecule has 1 aromatic rings. The van der Waals surface area contributed by atoms with Crippen LogP contribution >= 0.6 is 0 Å². The molecule has 1 heterocycles. The first-order valence-corrected chi connectivity index (χ1v) is 7.01. The van der Waals surface area contributed by atoms with Gasteiger partial charge in [-0.3, -0.25) is 9.69 Å². The van der Waals surface area contributed by atoms with E-state index in [-0.39, 0.29) is 6.42 Å². The second kappa shape index (κ2) is 6.19. The maximum absolute atomic E-state index is 12.5. The van der Waals surface area contributed by atoms with Crippen molar-refractivity contribution < 1.29 is 27.9 Å². The third kappa shape index (κ3) is 3.47. The molecule has 0 radical (unpaired) electrons. The standard InChI is InChI=1S/C15H17F3N2O3/c1-19-12(21)11(13(22)20(2)14(19)23)8-5-9-3-6-10(7-4-9)15(16,17)18/h3-4,6-7,11-12,21H,5,8H2,1-2H3. The Kier molecular flexibility index (Phi) is 4.65. The quantitative estimate of drug-likeness (QED) is 0.923. The molecular formula is C15H17F3N2O3. The second-order valence-electron chi connectivity index (χ2n) is 5.54. The summed E-state index contributed by atoms with van der Waals surface area (Å²) in [6, 6.07) is 4.07. The van der Waals surface area contributed by atoms with Crippen molar-refractivity contribution in [1.82, 2.24) is 9.80 Å². The van der Waals surface area contributed by atoms with E-state index >= 15 is 0 Å². The lowest BCUT2D eigenvalue weighted by atomic mass is 9.94. The largest absolute Gasteiger partial charge is 0.416 e. The molecule has 0 spiro atoms. The monoisotopic (exact) mass is 330 g/mol. The summed E-state index contributed by atoms with van der Waals surface area (Å²) >= 11 is 0. The number of aliphatic hydroxyl groups is 1. The van der Waals surface area contributed by atoms with Crippen LogP contribution in [0.3, 0.4) is 0 Å². The molecule has 23 heavy (non-hydrogen) atoms. The van der Waals surface area contributed by atoms with Gasteiger partial charge in [-0.2, -0.15) is 13.2 Å². The van der Waals surface area contributed by atoms with E-state index in [0.717, 1.165) is 21.9 Å². The zero-order valence-corrected chi connectivity index (χ0v) is 12.7. The number of hydrogen-bond acceptors (Lipinski definition) is 3. The Hall–Kier alpha value is -2.09. The lowest BCUT2D eigenvalue weighted by molar-refractivity contribution is -0.146. The number of benzene rings is 1. The van der Waals surface area contributed by atoms with Gasteiger partial charge in [0.2, 0.25) is 5.91 Å². The number of alkyl halides is 3. The summed E-state index contributed by atoms with van der Waals surface area (Å²) in [7, 11) is 2.72. The van der Waals surface area contributed by atoms with E-state index in [1.165, 1.54) is 26.2 Å². The first-order chi connectivity index (χ1) is 10.6. The first-order valence-electron chi connectivity index (χ1n) is 7.01. The molecule has 1 fully saturated rings. The van der Waals surface area contributed by atoms with Crippen molar-refractivity contribution in [2.45, 2.75) is 25.2 Å². The van der Waals surface area contributed by atoms with Crippen LogP contribution in [0.5, 0.6) is 0 Å². The maximum Gasteiger partial charge on any atom is 0.416 e. The summed E-state index contributed by atoms with van der Waals surface area (Å²) < 4.78 is 37.5. The highest BCUT2D eigenvalue weighted by Crippen LogP contribution is 2.30. The summed E-state index contributed by atoms with van der Waals surface area (Å²) in [5.74, 6) is -1.29. The molecule has 1 aliphatic rings. The third-order valence-corrected chi connectivity index (χ3v) is 4.02. The van der Waals surface area contributed by atoms with Gasteiger partial charge in [0.25, 0.3) is 0 Å². The molecule has 2 atom stereocenters. The Morgan fingerprint density at radius 3 is 2.22 bits per heavy atom. The van der Waals surface area contributed by atoms with E-state index in [0.29, 0.717) is 12.0 Å². The predicted molar refractivity (Wildman–Crippen MR) is 75.2 cm³/mol. The topological polar surface area (TPSA) is 60.9 Å². The van der Waals surface area contributed by atoms with E-state index in [4.69, 9.17) is 0 Å². The van der Waals surface area contributed by atoms with Gasteiger partial charge < -0.3 is 10.0 Å². The zero-order valence-electron chi connectivity index (χ0n) is 12.7. The van der Waals surface area contributed by atoms with Crippen LogP contribution in [0.2, 0.25) is 0 Å². The SMILES string of the molecule is CN1C(=O)C(CCc2ccc(C(F)(F)F)cc2)C(O)N(C)C1=O. The average molecular weight is 330 g/mol. The van der Waals surface area contributed by atoms with Crippen LogP contribution in [0, 0.1) is 5.92 Å². The summed E-state index contributed by atoms with van der Waals surface area (Å²) in [5, 5.41) is 10.0. The van der Waals surface area contributed by atoms with E-state index in [2.05, 4.69) is 0 Å². The molecule has 0 aliphatic carbocycles. The van der Waals surface area contributed by atoms with Gasteiger partial charge in [0, 0.05) is 14.1 Å². The van der Waals surface area contributed by atoms with Crippen LogP contribution in [0.1, 0.15) is 17.5 Å². The number of halogens is 3. The van der Waals surface area contributed by atoms with Crippen molar-refractivity contribution in [3.05, 3.63) is 35.4 Å². The van der Waals surface area contributed by atoms with E-state index in [1.54, 1.807) is 0 Å². The van der Waals surface area contributed by atoms with Crippen molar-refractivity contribution in [3.63, 3.8) is 0 Å². The van der Waals surface area contributed by atoms with Gasteiger partial charge in [0.1, 0.15) is 6.23 Å². The fourth-order valence-electron chi connectivity index (χ4n) is 2.55. The maximum atomic E-state index is 12.5. The van der Waals surface area contributed by atoms with Gasteiger partial charge in [-0.25, -0.2) is 4.79 Å². The number of nitrogens with zero attached hydrogens (tertiary/aromatic N) is 2. The minimum absolute atomic E-state index is 0.229. The number of amides is 3. The normalized spacial score (nSPS) is 22.7. The van der Waals surface area contributed by atoms with Gasteiger partial charge in [-0.05, 0) is 30.5 Å². The Labute approximate surface area is 131 Å². The molecule has 1 N–H and O–H groups in total. The molecule has 0 saturated carbocycles. The van der Waals surface area contributed by atoms with E-state index < -0.39 is 35.8 Å². The molecule has 5 nitrogen and oxygen atoms in total. The molecule has 2 rings (SSSR count). The number of aliphatic hydroxyl groups excluding tert-OH is 1. The van der Waals surface area contributed by atoms with Crippen LogP contribution in [0.25, 0.3) is 0 Å². The lowest BCUT2D eigenvalue weighted by Gasteiger charge is -2.38. The Morgan fingerprint density at radius 1 is 1.13 bits per heavy atom. The van der Waals surface area contributed by atoms with Crippen molar-refractivity contribution in [1.29, 1.82) is 0 Å². The van der Waals surface area contributed by atoms with E-state index in [1.807, 2.05) is 0 Å². The minimum atomic E-state index is -4.39. The Morgan fingerprint density at radius 2 is 1.70 bits per heavy atom. The molecule has 1 aliphatic heterocycles. The lowest BCUT2D eigenvalue weighted by Crippen LogP contribution is -2.59. The number of urea groups is 1.